The molecule has 0 bridgehead atoms. The zero-order valence-electron chi connectivity index (χ0n) is 10.6. The highest BCUT2D eigenvalue weighted by atomic mass is 16.6. The van der Waals surface area contributed by atoms with Crippen LogP contribution >= 0.6 is 0 Å². The van der Waals surface area contributed by atoms with Gasteiger partial charge in [-0.15, -0.1) is 0 Å². The second kappa shape index (κ2) is 7.53. The van der Waals surface area contributed by atoms with Crippen LogP contribution in [0, 0.1) is 19.1 Å². The van der Waals surface area contributed by atoms with Gasteiger partial charge < -0.3 is 14.9 Å². The molecule has 1 unspecified atom stereocenters. The first kappa shape index (κ1) is 15.2. The molecule has 5 heteroatoms. The molecule has 2 radical (unpaired) electrons. The quantitative estimate of drug-likeness (QED) is 0.761. The number of hydrogen-bond acceptors (Lipinski definition) is 3. The van der Waals surface area contributed by atoms with Crippen LogP contribution in [0.25, 0.3) is 0 Å². The SMILES string of the molecule is CCCC=C1C=C(C(=O)O)C=CC1C(=O)O.[CH]1[CH]O1. The maximum absolute atomic E-state index is 10.9. The van der Waals surface area contributed by atoms with Crippen molar-refractivity contribution in [2.75, 3.05) is 0 Å². The lowest BCUT2D eigenvalue weighted by atomic mass is 9.90. The first-order valence-corrected chi connectivity index (χ1v) is 5.92. The Labute approximate surface area is 111 Å². The second-order valence-corrected chi connectivity index (χ2v) is 3.98. The third kappa shape index (κ3) is 5.52. The molecule has 2 rings (SSSR count). The maximum atomic E-state index is 10.9. The zero-order chi connectivity index (χ0) is 14.3. The smallest absolute Gasteiger partial charge is 0.335 e. The van der Waals surface area contributed by atoms with Crippen molar-refractivity contribution in [3.63, 3.8) is 0 Å². The normalized spacial score (nSPS) is 22.3. The molecule has 0 aromatic heterocycles. The average molecular weight is 264 g/mol. The van der Waals surface area contributed by atoms with Crippen molar-refractivity contribution >= 4 is 11.9 Å². The Morgan fingerprint density at radius 3 is 2.42 bits per heavy atom. The molecule has 102 valence electrons. The Kier molecular flexibility index (Phi) is 6.02. The van der Waals surface area contributed by atoms with Gasteiger partial charge in [0, 0.05) is 0 Å². The fraction of sp³-hybridized carbons (Fsp3) is 0.286. The van der Waals surface area contributed by atoms with Crippen LogP contribution in [0.15, 0.2) is 35.5 Å². The Balaban J connectivity index is 0.000000524. The van der Waals surface area contributed by atoms with Gasteiger partial charge in [0.2, 0.25) is 0 Å². The van der Waals surface area contributed by atoms with Gasteiger partial charge in [0.05, 0.1) is 11.5 Å². The lowest BCUT2D eigenvalue weighted by Crippen LogP contribution is -2.17. The molecule has 0 aromatic carbocycles. The number of epoxide rings is 1. The first-order valence-electron chi connectivity index (χ1n) is 5.92. The number of ether oxygens (including phenoxy) is 1. The molecule has 1 fully saturated rings. The molecular formula is C14H16O5. The van der Waals surface area contributed by atoms with Crippen LogP contribution in [0.2, 0.25) is 0 Å². The molecule has 1 aliphatic carbocycles. The molecule has 5 nitrogen and oxygen atoms in total. The van der Waals surface area contributed by atoms with E-state index in [1.165, 1.54) is 18.2 Å². The lowest BCUT2D eigenvalue weighted by molar-refractivity contribution is -0.139. The molecule has 1 saturated heterocycles. The van der Waals surface area contributed by atoms with Crippen molar-refractivity contribution in [1.29, 1.82) is 0 Å². The Bertz CT molecular complexity index is 426. The minimum Gasteiger partial charge on any atom is -0.481 e. The molecule has 2 N–H and O–H groups in total. The molecule has 19 heavy (non-hydrogen) atoms. The number of hydrogen-bond donors (Lipinski definition) is 2. The summed E-state index contributed by atoms with van der Waals surface area (Å²) in [5.41, 5.74) is 0.675. The first-order chi connectivity index (χ1) is 9.06. The molecule has 2 aliphatic rings. The number of unbranched alkanes of at least 4 members (excludes halogenated alkanes) is 1. The van der Waals surface area contributed by atoms with Crippen molar-refractivity contribution in [2.45, 2.75) is 19.8 Å². The predicted molar refractivity (Wildman–Crippen MR) is 68.7 cm³/mol. The van der Waals surface area contributed by atoms with Gasteiger partial charge in [-0.25, -0.2) is 4.79 Å². The van der Waals surface area contributed by atoms with Crippen LogP contribution in [-0.2, 0) is 14.3 Å². The number of carboxylic acids is 2. The van der Waals surface area contributed by atoms with Crippen LogP contribution < -0.4 is 0 Å². The van der Waals surface area contributed by atoms with Gasteiger partial charge in [0.1, 0.15) is 13.2 Å². The van der Waals surface area contributed by atoms with E-state index in [2.05, 4.69) is 4.74 Å². The molecular weight excluding hydrogens is 248 g/mol. The topological polar surface area (TPSA) is 87.1 Å². The minimum atomic E-state index is -1.04. The van der Waals surface area contributed by atoms with Gasteiger partial charge in [0.15, 0.2) is 0 Å². The van der Waals surface area contributed by atoms with E-state index in [0.717, 1.165) is 12.8 Å². The van der Waals surface area contributed by atoms with Gasteiger partial charge in [0.25, 0.3) is 0 Å². The fourth-order valence-electron chi connectivity index (χ4n) is 1.48. The highest BCUT2D eigenvalue weighted by Gasteiger charge is 2.22. The van der Waals surface area contributed by atoms with Crippen LogP contribution in [-0.4, -0.2) is 22.2 Å². The van der Waals surface area contributed by atoms with E-state index in [1.807, 2.05) is 6.92 Å². The molecule has 1 atom stereocenters. The van der Waals surface area contributed by atoms with E-state index < -0.39 is 17.9 Å². The number of aliphatic carboxylic acids is 2. The third-order valence-electron chi connectivity index (χ3n) is 2.47. The summed E-state index contributed by atoms with van der Waals surface area (Å²) in [5, 5.41) is 17.8. The predicted octanol–water partition coefficient (Wildman–Crippen LogP) is 2.33. The number of allylic oxidation sites excluding steroid dienone is 2. The Morgan fingerprint density at radius 2 is 2.00 bits per heavy atom. The molecule has 0 spiro atoms. The average Bonchev–Trinajstić information content (AvgIpc) is 3.23. The number of rotatable bonds is 4. The fourth-order valence-corrected chi connectivity index (χ4v) is 1.48. The summed E-state index contributed by atoms with van der Waals surface area (Å²) in [7, 11) is 0. The van der Waals surface area contributed by atoms with Gasteiger partial charge in [-0.3, -0.25) is 4.79 Å². The van der Waals surface area contributed by atoms with Gasteiger partial charge in [-0.1, -0.05) is 31.6 Å². The van der Waals surface area contributed by atoms with Crippen molar-refractivity contribution in [3.8, 4) is 0 Å². The number of carboxylic acid groups (broad SMARTS) is 2. The summed E-state index contributed by atoms with van der Waals surface area (Å²) in [5.74, 6) is -2.73. The molecule has 0 amide bonds. The van der Waals surface area contributed by atoms with E-state index in [1.54, 1.807) is 19.3 Å². The highest BCUT2D eigenvalue weighted by Crippen LogP contribution is 2.23. The maximum Gasteiger partial charge on any atom is 0.335 e. The summed E-state index contributed by atoms with van der Waals surface area (Å²) in [6.07, 6.45) is 7.60. The summed E-state index contributed by atoms with van der Waals surface area (Å²) in [4.78, 5) is 21.7. The minimum absolute atomic E-state index is 0.125. The lowest BCUT2D eigenvalue weighted by Gasteiger charge is -2.14. The van der Waals surface area contributed by atoms with Gasteiger partial charge in [-0.05, 0) is 18.1 Å². The van der Waals surface area contributed by atoms with E-state index in [9.17, 15) is 9.59 Å². The third-order valence-corrected chi connectivity index (χ3v) is 2.47. The van der Waals surface area contributed by atoms with Gasteiger partial charge >= 0.3 is 11.9 Å². The summed E-state index contributed by atoms with van der Waals surface area (Å²) < 4.78 is 4.25. The van der Waals surface area contributed by atoms with Crippen molar-refractivity contribution in [1.82, 2.24) is 0 Å². The number of carbonyl (C=O) groups is 2. The van der Waals surface area contributed by atoms with Crippen molar-refractivity contribution in [2.24, 2.45) is 5.92 Å². The molecule has 1 heterocycles. The molecule has 0 saturated carbocycles. The van der Waals surface area contributed by atoms with Gasteiger partial charge in [-0.2, -0.15) is 0 Å². The largest absolute Gasteiger partial charge is 0.481 e. The highest BCUT2D eigenvalue weighted by molar-refractivity contribution is 5.92. The Hall–Kier alpha value is -1.88. The second-order valence-electron chi connectivity index (χ2n) is 3.98. The van der Waals surface area contributed by atoms with Crippen molar-refractivity contribution in [3.05, 3.63) is 48.7 Å². The molecule has 1 aliphatic heterocycles. The van der Waals surface area contributed by atoms with Crippen molar-refractivity contribution < 1.29 is 24.5 Å². The van der Waals surface area contributed by atoms with E-state index in [4.69, 9.17) is 10.2 Å². The van der Waals surface area contributed by atoms with E-state index >= 15 is 0 Å². The molecule has 0 aromatic rings. The van der Waals surface area contributed by atoms with E-state index in [0.29, 0.717) is 5.57 Å². The summed E-state index contributed by atoms with van der Waals surface area (Å²) in [6.45, 7) is 5.23. The monoisotopic (exact) mass is 264 g/mol. The van der Waals surface area contributed by atoms with E-state index in [-0.39, 0.29) is 5.57 Å². The Morgan fingerprint density at radius 1 is 1.37 bits per heavy atom. The van der Waals surface area contributed by atoms with Crippen LogP contribution in [0.1, 0.15) is 19.8 Å². The standard InChI is InChI=1S/C12H14O4.C2H2O/c1-2-3-4-8-7-9(11(13)14)5-6-10(8)12(15)16;1-2-3-1/h4-7,10H,2-3H2,1H3,(H,13,14)(H,15,16);1-2H. The summed E-state index contributed by atoms with van der Waals surface area (Å²) in [6, 6.07) is 0. The zero-order valence-corrected chi connectivity index (χ0v) is 10.6. The summed E-state index contributed by atoms with van der Waals surface area (Å²) >= 11 is 0. The van der Waals surface area contributed by atoms with Crippen LogP contribution in [0.5, 0.6) is 0 Å². The van der Waals surface area contributed by atoms with Crippen LogP contribution in [0.3, 0.4) is 0 Å². The van der Waals surface area contributed by atoms with Crippen LogP contribution in [0.4, 0.5) is 0 Å².